The third-order valence-electron chi connectivity index (χ3n) is 5.60. The molecule has 0 bridgehead atoms. The zero-order chi connectivity index (χ0) is 24.7. The van der Waals surface area contributed by atoms with Crippen molar-refractivity contribution in [2.75, 3.05) is 39.2 Å². The van der Waals surface area contributed by atoms with Gasteiger partial charge in [-0.15, -0.1) is 0 Å². The Bertz CT molecular complexity index is 1140. The summed E-state index contributed by atoms with van der Waals surface area (Å²) >= 11 is 0. The van der Waals surface area contributed by atoms with Gasteiger partial charge in [0.2, 0.25) is 10.0 Å². The Hall–Kier alpha value is -3.11. The minimum atomic E-state index is -3.63. The van der Waals surface area contributed by atoms with E-state index in [0.29, 0.717) is 41.4 Å². The highest BCUT2D eigenvalue weighted by Gasteiger charge is 2.26. The van der Waals surface area contributed by atoms with Crippen molar-refractivity contribution in [2.24, 2.45) is 0 Å². The third kappa shape index (κ3) is 6.27. The summed E-state index contributed by atoms with van der Waals surface area (Å²) in [6.45, 7) is 2.26. The van der Waals surface area contributed by atoms with E-state index in [1.165, 1.54) is 30.7 Å². The van der Waals surface area contributed by atoms with E-state index in [-0.39, 0.29) is 11.3 Å². The molecule has 3 rings (SSSR count). The van der Waals surface area contributed by atoms with Gasteiger partial charge in [0, 0.05) is 18.8 Å². The first-order valence-electron chi connectivity index (χ1n) is 11.0. The van der Waals surface area contributed by atoms with E-state index in [4.69, 9.17) is 14.2 Å². The lowest BCUT2D eigenvalue weighted by Gasteiger charge is -2.26. The minimum absolute atomic E-state index is 0.0454. The fraction of sp³-hybridized carbons (Fsp3) is 0.417. The summed E-state index contributed by atoms with van der Waals surface area (Å²) in [6.07, 6.45) is 2.65. The van der Waals surface area contributed by atoms with Crippen molar-refractivity contribution in [3.05, 3.63) is 47.5 Å². The van der Waals surface area contributed by atoms with Crippen LogP contribution in [0.25, 0.3) is 0 Å². The number of anilines is 1. The van der Waals surface area contributed by atoms with Crippen LogP contribution in [0, 0.1) is 6.92 Å². The number of amides is 1. The lowest BCUT2D eigenvalue weighted by molar-refractivity contribution is -0.146. The average Bonchev–Trinajstić information content (AvgIpc) is 2.84. The van der Waals surface area contributed by atoms with Crippen LogP contribution >= 0.6 is 0 Å². The number of hydrogen-bond acceptors (Lipinski definition) is 7. The fourth-order valence-electron chi connectivity index (χ4n) is 3.69. The first-order chi connectivity index (χ1) is 16.2. The van der Waals surface area contributed by atoms with Crippen LogP contribution in [0.4, 0.5) is 5.69 Å². The number of piperidine rings is 1. The second-order valence-corrected chi connectivity index (χ2v) is 9.95. The van der Waals surface area contributed by atoms with Gasteiger partial charge < -0.3 is 19.5 Å². The van der Waals surface area contributed by atoms with Crippen molar-refractivity contribution in [1.82, 2.24) is 4.31 Å². The number of hydrogen-bond donors (Lipinski definition) is 1. The number of rotatable bonds is 9. The molecule has 0 unspecified atom stereocenters. The van der Waals surface area contributed by atoms with Crippen LogP contribution in [-0.2, 0) is 30.8 Å². The van der Waals surface area contributed by atoms with Gasteiger partial charge in [-0.25, -0.2) is 8.42 Å². The Labute approximate surface area is 200 Å². The monoisotopic (exact) mass is 490 g/mol. The highest BCUT2D eigenvalue weighted by atomic mass is 32.2. The van der Waals surface area contributed by atoms with Crippen LogP contribution < -0.4 is 14.8 Å². The number of aryl methyl sites for hydroxylation is 1. The lowest BCUT2D eigenvalue weighted by atomic mass is 10.1. The molecule has 34 heavy (non-hydrogen) atoms. The molecular formula is C24H30N2O7S. The number of sulfonamides is 1. The van der Waals surface area contributed by atoms with Crippen molar-refractivity contribution in [3.63, 3.8) is 0 Å². The summed E-state index contributed by atoms with van der Waals surface area (Å²) in [5.74, 6) is -0.115. The van der Waals surface area contributed by atoms with Crippen LogP contribution in [0.5, 0.6) is 11.5 Å². The van der Waals surface area contributed by atoms with Crippen molar-refractivity contribution < 1.29 is 32.2 Å². The molecule has 1 N–H and O–H groups in total. The summed E-state index contributed by atoms with van der Waals surface area (Å²) in [5.41, 5.74) is 1.70. The standard InChI is InChI=1S/C24H30N2O7S/c1-17-7-9-19(34(29,30)26-11-5-4-6-12-26)15-20(17)25-23(27)16-33-24(28)14-18-8-10-21(31-2)22(13-18)32-3/h7-10,13,15H,4-6,11-12,14,16H2,1-3H3,(H,25,27). The van der Waals surface area contributed by atoms with E-state index in [1.807, 2.05) is 0 Å². The van der Waals surface area contributed by atoms with Crippen LogP contribution in [0.3, 0.4) is 0 Å². The number of carbonyl (C=O) groups excluding carboxylic acids is 2. The van der Waals surface area contributed by atoms with E-state index in [9.17, 15) is 18.0 Å². The Morgan fingerprint density at radius 1 is 0.971 bits per heavy atom. The zero-order valence-corrected chi connectivity index (χ0v) is 20.4. The summed E-state index contributed by atoms with van der Waals surface area (Å²) in [5, 5.41) is 2.64. The molecule has 1 aliphatic heterocycles. The van der Waals surface area contributed by atoms with Gasteiger partial charge in [-0.1, -0.05) is 18.6 Å². The first-order valence-corrected chi connectivity index (χ1v) is 12.5. The molecule has 1 fully saturated rings. The van der Waals surface area contributed by atoms with Gasteiger partial charge in [0.15, 0.2) is 18.1 Å². The zero-order valence-electron chi connectivity index (χ0n) is 19.6. The predicted molar refractivity (Wildman–Crippen MR) is 127 cm³/mol. The molecule has 10 heteroatoms. The van der Waals surface area contributed by atoms with Gasteiger partial charge in [-0.05, 0) is 55.2 Å². The van der Waals surface area contributed by atoms with Gasteiger partial charge in [0.1, 0.15) is 0 Å². The largest absolute Gasteiger partial charge is 0.493 e. The molecule has 1 heterocycles. The number of methoxy groups -OCH3 is 2. The van der Waals surface area contributed by atoms with Crippen LogP contribution in [0.1, 0.15) is 30.4 Å². The Balaban J connectivity index is 1.59. The number of esters is 1. The van der Waals surface area contributed by atoms with E-state index in [2.05, 4.69) is 5.32 Å². The minimum Gasteiger partial charge on any atom is -0.493 e. The Kier molecular flexibility index (Phi) is 8.51. The van der Waals surface area contributed by atoms with E-state index in [1.54, 1.807) is 31.2 Å². The molecule has 0 saturated carbocycles. The summed E-state index contributed by atoms with van der Waals surface area (Å²) in [7, 11) is -0.613. The van der Waals surface area contributed by atoms with E-state index in [0.717, 1.165) is 19.3 Å². The van der Waals surface area contributed by atoms with Gasteiger partial charge in [-0.2, -0.15) is 4.31 Å². The van der Waals surface area contributed by atoms with E-state index >= 15 is 0 Å². The number of nitrogens with zero attached hydrogens (tertiary/aromatic N) is 1. The maximum atomic E-state index is 12.9. The molecule has 9 nitrogen and oxygen atoms in total. The maximum absolute atomic E-state index is 12.9. The van der Waals surface area contributed by atoms with Gasteiger partial charge in [0.05, 0.1) is 25.5 Å². The third-order valence-corrected chi connectivity index (χ3v) is 7.49. The predicted octanol–water partition coefficient (Wildman–Crippen LogP) is 2.91. The quantitative estimate of drug-likeness (QED) is 0.538. The molecule has 0 spiro atoms. The molecule has 1 amide bonds. The molecule has 184 valence electrons. The van der Waals surface area contributed by atoms with Crippen molar-refractivity contribution in [1.29, 1.82) is 0 Å². The number of ether oxygens (including phenoxy) is 3. The van der Waals surface area contributed by atoms with Gasteiger partial charge in [0.25, 0.3) is 5.91 Å². The van der Waals surface area contributed by atoms with Gasteiger partial charge >= 0.3 is 5.97 Å². The molecule has 0 aliphatic carbocycles. The molecule has 0 aromatic heterocycles. The lowest BCUT2D eigenvalue weighted by Crippen LogP contribution is -2.35. The number of nitrogens with one attached hydrogen (secondary N) is 1. The SMILES string of the molecule is COc1ccc(CC(=O)OCC(=O)Nc2cc(S(=O)(=O)N3CCCCC3)ccc2C)cc1OC. The highest BCUT2D eigenvalue weighted by Crippen LogP contribution is 2.28. The smallest absolute Gasteiger partial charge is 0.310 e. The number of carbonyl (C=O) groups is 2. The Morgan fingerprint density at radius 3 is 2.35 bits per heavy atom. The molecular weight excluding hydrogens is 460 g/mol. The van der Waals surface area contributed by atoms with Crippen molar-refractivity contribution in [3.8, 4) is 11.5 Å². The number of benzene rings is 2. The van der Waals surface area contributed by atoms with Crippen molar-refractivity contribution in [2.45, 2.75) is 37.5 Å². The second-order valence-electron chi connectivity index (χ2n) is 8.02. The maximum Gasteiger partial charge on any atom is 0.310 e. The normalized spacial score (nSPS) is 14.3. The molecule has 0 atom stereocenters. The van der Waals surface area contributed by atoms with Crippen LogP contribution in [0.15, 0.2) is 41.3 Å². The molecule has 2 aromatic carbocycles. The summed E-state index contributed by atoms with van der Waals surface area (Å²) in [6, 6.07) is 9.69. The molecule has 1 aliphatic rings. The molecule has 2 aromatic rings. The topological polar surface area (TPSA) is 111 Å². The second kappa shape index (κ2) is 11.3. The van der Waals surface area contributed by atoms with Crippen LogP contribution in [0.2, 0.25) is 0 Å². The summed E-state index contributed by atoms with van der Waals surface area (Å²) < 4.78 is 42.8. The molecule has 0 radical (unpaired) electrons. The highest BCUT2D eigenvalue weighted by molar-refractivity contribution is 7.89. The molecule has 1 saturated heterocycles. The van der Waals surface area contributed by atoms with Crippen molar-refractivity contribution >= 4 is 27.6 Å². The van der Waals surface area contributed by atoms with Crippen LogP contribution in [-0.4, -0.2) is 58.5 Å². The van der Waals surface area contributed by atoms with E-state index < -0.39 is 28.5 Å². The Morgan fingerprint density at radius 2 is 1.68 bits per heavy atom. The summed E-state index contributed by atoms with van der Waals surface area (Å²) in [4.78, 5) is 24.7. The average molecular weight is 491 g/mol. The fourth-order valence-corrected chi connectivity index (χ4v) is 5.24. The first kappa shape index (κ1) is 25.5. The van der Waals surface area contributed by atoms with Gasteiger partial charge in [-0.3, -0.25) is 9.59 Å².